The highest BCUT2D eigenvalue weighted by Gasteiger charge is 2.35. The Morgan fingerprint density at radius 1 is 1.44 bits per heavy atom. The van der Waals surface area contributed by atoms with Gasteiger partial charge in [0.05, 0.1) is 13.2 Å². The summed E-state index contributed by atoms with van der Waals surface area (Å²) in [4.78, 5) is 11.2. The van der Waals surface area contributed by atoms with Gasteiger partial charge in [-0.25, -0.2) is 0 Å². The maximum atomic E-state index is 11.2. The first-order chi connectivity index (χ1) is 7.68. The monoisotopic (exact) mass is 236 g/mol. The minimum absolute atomic E-state index is 0.174. The van der Waals surface area contributed by atoms with Gasteiger partial charge in [-0.1, -0.05) is 24.3 Å². The molecule has 1 aliphatic rings. The molecule has 0 amide bonds. The number of ether oxygens (including phenoxy) is 1. The van der Waals surface area contributed by atoms with Gasteiger partial charge in [-0.05, 0) is 17.7 Å². The SMILES string of the molecule is CC(=O)O[SiH](c1ccccc1C)C1COC1. The molecule has 1 atom stereocenters. The van der Waals surface area contributed by atoms with E-state index in [0.717, 1.165) is 13.2 Å². The van der Waals surface area contributed by atoms with Gasteiger partial charge in [-0.15, -0.1) is 0 Å². The second-order valence-electron chi connectivity index (χ2n) is 4.18. The molecule has 1 fully saturated rings. The minimum Gasteiger partial charge on any atom is -0.517 e. The lowest BCUT2D eigenvalue weighted by Gasteiger charge is -2.32. The highest BCUT2D eigenvalue weighted by atomic mass is 28.3. The summed E-state index contributed by atoms with van der Waals surface area (Å²) in [5.41, 5.74) is 1.65. The molecule has 16 heavy (non-hydrogen) atoms. The van der Waals surface area contributed by atoms with Crippen LogP contribution in [0.25, 0.3) is 0 Å². The summed E-state index contributed by atoms with van der Waals surface area (Å²) >= 11 is 0. The van der Waals surface area contributed by atoms with E-state index in [1.165, 1.54) is 17.7 Å². The molecule has 0 aromatic heterocycles. The molecular weight excluding hydrogens is 220 g/mol. The summed E-state index contributed by atoms with van der Waals surface area (Å²) < 4.78 is 10.7. The molecule has 1 heterocycles. The summed E-state index contributed by atoms with van der Waals surface area (Å²) in [7, 11) is -1.67. The van der Waals surface area contributed by atoms with E-state index in [0.29, 0.717) is 5.54 Å². The van der Waals surface area contributed by atoms with Crippen LogP contribution in [0.1, 0.15) is 12.5 Å². The molecule has 1 aliphatic heterocycles. The molecule has 1 unspecified atom stereocenters. The molecule has 1 aromatic carbocycles. The average Bonchev–Trinajstić information content (AvgIpc) is 2.14. The largest absolute Gasteiger partial charge is 0.517 e. The Hall–Kier alpha value is -1.13. The van der Waals surface area contributed by atoms with E-state index < -0.39 is 9.04 Å². The standard InChI is InChI=1S/C12H16O3Si/c1-9-5-3-4-6-12(9)16(15-10(2)13)11-7-14-8-11/h3-6,11,16H,7-8H2,1-2H3. The van der Waals surface area contributed by atoms with Crippen molar-refractivity contribution in [3.63, 3.8) is 0 Å². The molecule has 1 saturated heterocycles. The van der Waals surface area contributed by atoms with Crippen molar-refractivity contribution in [1.29, 1.82) is 0 Å². The molecule has 86 valence electrons. The van der Waals surface area contributed by atoms with Crippen LogP contribution in [-0.4, -0.2) is 28.2 Å². The number of carbonyl (C=O) groups excluding carboxylic acids is 1. The molecule has 0 aliphatic carbocycles. The molecule has 0 spiro atoms. The third-order valence-electron chi connectivity index (χ3n) is 2.88. The summed E-state index contributed by atoms with van der Waals surface area (Å²) in [6.45, 7) is 5.02. The normalized spacial score (nSPS) is 17.6. The Kier molecular flexibility index (Phi) is 3.41. The zero-order valence-corrected chi connectivity index (χ0v) is 10.8. The zero-order chi connectivity index (χ0) is 11.5. The van der Waals surface area contributed by atoms with Gasteiger partial charge in [0.1, 0.15) is 0 Å². The fourth-order valence-electron chi connectivity index (χ4n) is 1.93. The summed E-state index contributed by atoms with van der Waals surface area (Å²) in [6.07, 6.45) is 0. The zero-order valence-electron chi connectivity index (χ0n) is 9.60. The van der Waals surface area contributed by atoms with Gasteiger partial charge < -0.3 is 9.16 Å². The van der Waals surface area contributed by atoms with Crippen LogP contribution in [0.5, 0.6) is 0 Å². The lowest BCUT2D eigenvalue weighted by Crippen LogP contribution is -2.48. The number of rotatable bonds is 3. The van der Waals surface area contributed by atoms with E-state index >= 15 is 0 Å². The van der Waals surface area contributed by atoms with E-state index in [-0.39, 0.29) is 5.97 Å². The second-order valence-corrected chi connectivity index (χ2v) is 6.83. The van der Waals surface area contributed by atoms with E-state index in [2.05, 4.69) is 19.1 Å². The molecule has 1 aromatic rings. The van der Waals surface area contributed by atoms with Gasteiger partial charge >= 0.3 is 0 Å². The predicted octanol–water partition coefficient (Wildman–Crippen LogP) is 0.889. The minimum atomic E-state index is -1.67. The quantitative estimate of drug-likeness (QED) is 0.731. The predicted molar refractivity (Wildman–Crippen MR) is 64.3 cm³/mol. The molecule has 4 heteroatoms. The van der Waals surface area contributed by atoms with Gasteiger partial charge in [0.25, 0.3) is 15.0 Å². The van der Waals surface area contributed by atoms with Crippen LogP contribution in [-0.2, 0) is 14.0 Å². The third kappa shape index (κ3) is 2.33. The smallest absolute Gasteiger partial charge is 0.289 e. The summed E-state index contributed by atoms with van der Waals surface area (Å²) in [6, 6.07) is 8.16. The maximum absolute atomic E-state index is 11.2. The second kappa shape index (κ2) is 4.80. The van der Waals surface area contributed by atoms with Crippen molar-refractivity contribution < 1.29 is 14.0 Å². The molecule has 2 rings (SSSR count). The molecule has 0 saturated carbocycles. The van der Waals surface area contributed by atoms with Crippen LogP contribution in [0.3, 0.4) is 0 Å². The molecule has 0 radical (unpaired) electrons. The van der Waals surface area contributed by atoms with Crippen molar-refractivity contribution in [2.24, 2.45) is 0 Å². The van der Waals surface area contributed by atoms with Crippen LogP contribution in [0, 0.1) is 6.92 Å². The Balaban J connectivity index is 2.23. The van der Waals surface area contributed by atoms with Gasteiger partial charge in [-0.2, -0.15) is 0 Å². The van der Waals surface area contributed by atoms with Crippen molar-refractivity contribution in [3.05, 3.63) is 29.8 Å². The van der Waals surface area contributed by atoms with Crippen molar-refractivity contribution in [1.82, 2.24) is 0 Å². The lowest BCUT2D eigenvalue weighted by molar-refractivity contribution is -0.132. The van der Waals surface area contributed by atoms with E-state index in [4.69, 9.17) is 9.16 Å². The van der Waals surface area contributed by atoms with Crippen molar-refractivity contribution >= 4 is 20.2 Å². The topological polar surface area (TPSA) is 35.5 Å². The van der Waals surface area contributed by atoms with Crippen LogP contribution in [0.2, 0.25) is 5.54 Å². The van der Waals surface area contributed by atoms with Crippen LogP contribution in [0.4, 0.5) is 0 Å². The molecule has 3 nitrogen and oxygen atoms in total. The number of hydrogen-bond acceptors (Lipinski definition) is 3. The number of benzene rings is 1. The lowest BCUT2D eigenvalue weighted by atomic mass is 10.2. The van der Waals surface area contributed by atoms with Crippen LogP contribution in [0.15, 0.2) is 24.3 Å². The summed E-state index contributed by atoms with van der Waals surface area (Å²) in [5, 5.41) is 1.23. The first-order valence-electron chi connectivity index (χ1n) is 5.49. The highest BCUT2D eigenvalue weighted by molar-refractivity contribution is 6.70. The number of aryl methyl sites for hydroxylation is 1. The Morgan fingerprint density at radius 3 is 2.62 bits per heavy atom. The van der Waals surface area contributed by atoms with Gasteiger partial charge in [0.2, 0.25) is 0 Å². The maximum Gasteiger partial charge on any atom is 0.289 e. The molecule has 0 N–H and O–H groups in total. The number of carbonyl (C=O) groups is 1. The van der Waals surface area contributed by atoms with Gasteiger partial charge in [-0.3, -0.25) is 4.79 Å². The highest BCUT2D eigenvalue weighted by Crippen LogP contribution is 2.22. The third-order valence-corrected chi connectivity index (χ3v) is 5.97. The van der Waals surface area contributed by atoms with Gasteiger partial charge in [0.15, 0.2) is 0 Å². The fraction of sp³-hybridized carbons (Fsp3) is 0.417. The van der Waals surface area contributed by atoms with Gasteiger partial charge in [0, 0.05) is 12.5 Å². The first-order valence-corrected chi connectivity index (χ1v) is 7.20. The fourth-order valence-corrected chi connectivity index (χ4v) is 4.58. The Bertz CT molecular complexity index is 388. The first kappa shape index (κ1) is 11.4. The average molecular weight is 236 g/mol. The van der Waals surface area contributed by atoms with Crippen molar-refractivity contribution in [3.8, 4) is 0 Å². The van der Waals surface area contributed by atoms with Crippen LogP contribution >= 0.6 is 0 Å². The van der Waals surface area contributed by atoms with Crippen molar-refractivity contribution in [2.75, 3.05) is 13.2 Å². The Labute approximate surface area is 97.1 Å². The molecule has 0 bridgehead atoms. The molecular formula is C12H16O3Si. The van der Waals surface area contributed by atoms with E-state index in [9.17, 15) is 4.79 Å². The number of hydrogen-bond donors (Lipinski definition) is 0. The van der Waals surface area contributed by atoms with E-state index in [1.807, 2.05) is 12.1 Å². The van der Waals surface area contributed by atoms with E-state index in [1.54, 1.807) is 0 Å². The Morgan fingerprint density at radius 2 is 2.12 bits per heavy atom. The van der Waals surface area contributed by atoms with Crippen molar-refractivity contribution in [2.45, 2.75) is 19.4 Å². The summed E-state index contributed by atoms with van der Waals surface area (Å²) in [5.74, 6) is -0.174. The van der Waals surface area contributed by atoms with Crippen LogP contribution < -0.4 is 5.19 Å².